The molecule has 0 spiro atoms. The van der Waals surface area contributed by atoms with Gasteiger partial charge in [0.2, 0.25) is 0 Å². The third-order valence-corrected chi connectivity index (χ3v) is 1.75. The lowest BCUT2D eigenvalue weighted by atomic mass is 10.0. The van der Waals surface area contributed by atoms with E-state index in [0.717, 1.165) is 0 Å². The summed E-state index contributed by atoms with van der Waals surface area (Å²) in [7, 11) is 0. The number of ether oxygens (including phenoxy) is 1. The average Bonchev–Trinajstić information content (AvgIpc) is 2.34. The van der Waals surface area contributed by atoms with Crippen molar-refractivity contribution in [2.24, 2.45) is 5.92 Å². The van der Waals surface area contributed by atoms with Gasteiger partial charge in [-0.25, -0.2) is 0 Å². The van der Waals surface area contributed by atoms with Gasteiger partial charge in [0, 0.05) is 12.5 Å². The van der Waals surface area contributed by atoms with Crippen molar-refractivity contribution in [1.82, 2.24) is 0 Å². The van der Waals surface area contributed by atoms with Gasteiger partial charge in [-0.3, -0.25) is 0 Å². The Morgan fingerprint density at radius 3 is 2.45 bits per heavy atom. The highest BCUT2D eigenvalue weighted by atomic mass is 19.4. The number of alkyl halides is 3. The third kappa shape index (κ3) is 2.07. The molecule has 2 nitrogen and oxygen atoms in total. The van der Waals surface area contributed by atoms with Gasteiger partial charge in [-0.05, 0) is 6.42 Å². The van der Waals surface area contributed by atoms with Crippen molar-refractivity contribution in [3.63, 3.8) is 0 Å². The van der Waals surface area contributed by atoms with Gasteiger partial charge in [0.1, 0.15) is 0 Å². The Morgan fingerprint density at radius 2 is 2.09 bits per heavy atom. The Balaban J connectivity index is 2.46. The Bertz CT molecular complexity index is 128. The van der Waals surface area contributed by atoms with Crippen LogP contribution in [0, 0.1) is 5.92 Å². The van der Waals surface area contributed by atoms with Crippen LogP contribution in [0.15, 0.2) is 0 Å². The minimum atomic E-state index is -4.50. The van der Waals surface area contributed by atoms with Gasteiger partial charge in [0.05, 0.1) is 6.61 Å². The van der Waals surface area contributed by atoms with Crippen molar-refractivity contribution in [2.45, 2.75) is 18.7 Å². The molecule has 1 heterocycles. The summed E-state index contributed by atoms with van der Waals surface area (Å²) in [5.41, 5.74) is 0. The molecule has 0 aromatic carbocycles. The Labute approximate surface area is 62.0 Å². The van der Waals surface area contributed by atoms with Gasteiger partial charge in [0.15, 0.2) is 6.10 Å². The SMILES string of the molecule is O[C@H](C1CCOC1)C(F)(F)F. The quantitative estimate of drug-likeness (QED) is 0.634. The molecule has 11 heavy (non-hydrogen) atoms. The summed E-state index contributed by atoms with van der Waals surface area (Å²) in [5, 5.41) is 8.68. The third-order valence-electron chi connectivity index (χ3n) is 1.75. The zero-order valence-corrected chi connectivity index (χ0v) is 5.77. The number of aliphatic hydroxyl groups excluding tert-OH is 1. The van der Waals surface area contributed by atoms with Crippen molar-refractivity contribution in [3.05, 3.63) is 0 Å². The normalized spacial score (nSPS) is 28.9. The fourth-order valence-corrected chi connectivity index (χ4v) is 1.07. The topological polar surface area (TPSA) is 29.5 Å². The molecular weight excluding hydrogens is 161 g/mol. The van der Waals surface area contributed by atoms with Crippen molar-refractivity contribution >= 4 is 0 Å². The van der Waals surface area contributed by atoms with Gasteiger partial charge in [-0.2, -0.15) is 13.2 Å². The van der Waals surface area contributed by atoms with Crippen LogP contribution in [-0.4, -0.2) is 30.6 Å². The molecule has 0 bridgehead atoms. The summed E-state index contributed by atoms with van der Waals surface area (Å²) in [5.74, 6) is -0.769. The first-order valence-corrected chi connectivity index (χ1v) is 3.34. The lowest BCUT2D eigenvalue weighted by Crippen LogP contribution is -2.36. The molecule has 5 heteroatoms. The second-order valence-electron chi connectivity index (χ2n) is 2.61. The molecule has 0 radical (unpaired) electrons. The summed E-state index contributed by atoms with van der Waals surface area (Å²) in [4.78, 5) is 0. The van der Waals surface area contributed by atoms with E-state index in [2.05, 4.69) is 0 Å². The van der Waals surface area contributed by atoms with Crippen molar-refractivity contribution in [1.29, 1.82) is 0 Å². The first-order chi connectivity index (χ1) is 5.02. The predicted molar refractivity (Wildman–Crippen MR) is 31.0 cm³/mol. The summed E-state index contributed by atoms with van der Waals surface area (Å²) in [6.45, 7) is 0.332. The summed E-state index contributed by atoms with van der Waals surface area (Å²) >= 11 is 0. The number of hydrogen-bond donors (Lipinski definition) is 1. The lowest BCUT2D eigenvalue weighted by molar-refractivity contribution is -0.218. The van der Waals surface area contributed by atoms with Gasteiger partial charge in [-0.1, -0.05) is 0 Å². The van der Waals surface area contributed by atoms with E-state index in [-0.39, 0.29) is 6.61 Å². The van der Waals surface area contributed by atoms with Crippen molar-refractivity contribution < 1.29 is 23.0 Å². The minimum Gasteiger partial charge on any atom is -0.383 e. The van der Waals surface area contributed by atoms with Crippen LogP contribution < -0.4 is 0 Å². The number of rotatable bonds is 1. The van der Waals surface area contributed by atoms with Gasteiger partial charge >= 0.3 is 6.18 Å². The zero-order valence-electron chi connectivity index (χ0n) is 5.77. The number of hydrogen-bond acceptors (Lipinski definition) is 2. The fraction of sp³-hybridized carbons (Fsp3) is 1.00. The van der Waals surface area contributed by atoms with Crippen LogP contribution in [0.1, 0.15) is 6.42 Å². The second-order valence-corrected chi connectivity index (χ2v) is 2.61. The molecule has 2 atom stereocenters. The zero-order chi connectivity index (χ0) is 8.48. The molecule has 1 unspecified atom stereocenters. The van der Waals surface area contributed by atoms with Crippen LogP contribution in [0.5, 0.6) is 0 Å². The highest BCUT2D eigenvalue weighted by Crippen LogP contribution is 2.29. The molecule has 0 aliphatic carbocycles. The maximum absolute atomic E-state index is 11.8. The largest absolute Gasteiger partial charge is 0.414 e. The average molecular weight is 170 g/mol. The lowest BCUT2D eigenvalue weighted by Gasteiger charge is -2.18. The molecule has 66 valence electrons. The Morgan fingerprint density at radius 1 is 1.45 bits per heavy atom. The van der Waals surface area contributed by atoms with Crippen molar-refractivity contribution in [2.75, 3.05) is 13.2 Å². The number of halogens is 3. The van der Waals surface area contributed by atoms with E-state index in [1.54, 1.807) is 0 Å². The van der Waals surface area contributed by atoms with E-state index in [1.807, 2.05) is 0 Å². The minimum absolute atomic E-state index is 0.0146. The van der Waals surface area contributed by atoms with Gasteiger partial charge in [-0.15, -0.1) is 0 Å². The van der Waals surface area contributed by atoms with Crippen molar-refractivity contribution in [3.8, 4) is 0 Å². The summed E-state index contributed by atoms with van der Waals surface area (Å²) in [6, 6.07) is 0. The van der Waals surface area contributed by atoms with Gasteiger partial charge in [0.25, 0.3) is 0 Å². The molecule has 0 saturated carbocycles. The van der Waals surface area contributed by atoms with E-state index < -0.39 is 18.2 Å². The van der Waals surface area contributed by atoms with Crippen LogP contribution in [0.4, 0.5) is 13.2 Å². The monoisotopic (exact) mass is 170 g/mol. The summed E-state index contributed by atoms with van der Waals surface area (Å²) in [6.07, 6.45) is -6.43. The van der Waals surface area contributed by atoms with E-state index in [4.69, 9.17) is 9.84 Å². The van der Waals surface area contributed by atoms with Crippen LogP contribution in [0.3, 0.4) is 0 Å². The van der Waals surface area contributed by atoms with Crippen LogP contribution in [0.2, 0.25) is 0 Å². The van der Waals surface area contributed by atoms with Gasteiger partial charge < -0.3 is 9.84 Å². The number of aliphatic hydroxyl groups is 1. The molecule has 0 aromatic rings. The van der Waals surface area contributed by atoms with E-state index in [0.29, 0.717) is 13.0 Å². The van der Waals surface area contributed by atoms with E-state index in [9.17, 15) is 13.2 Å². The highest BCUT2D eigenvalue weighted by Gasteiger charge is 2.44. The Kier molecular flexibility index (Phi) is 2.39. The highest BCUT2D eigenvalue weighted by molar-refractivity contribution is 4.77. The maximum atomic E-state index is 11.8. The molecule has 0 aromatic heterocycles. The first kappa shape index (κ1) is 8.80. The fourth-order valence-electron chi connectivity index (χ4n) is 1.07. The van der Waals surface area contributed by atoms with Crippen LogP contribution >= 0.6 is 0 Å². The van der Waals surface area contributed by atoms with Crippen LogP contribution in [-0.2, 0) is 4.74 Å². The molecular formula is C6H9F3O2. The summed E-state index contributed by atoms with van der Waals surface area (Å²) < 4.78 is 40.1. The van der Waals surface area contributed by atoms with E-state index >= 15 is 0 Å². The molecule has 1 fully saturated rings. The van der Waals surface area contributed by atoms with Crippen LogP contribution in [0.25, 0.3) is 0 Å². The maximum Gasteiger partial charge on any atom is 0.414 e. The molecule has 1 saturated heterocycles. The predicted octanol–water partition coefficient (Wildman–Crippen LogP) is 0.946. The molecule has 1 aliphatic heterocycles. The molecule has 1 aliphatic rings. The van der Waals surface area contributed by atoms with E-state index in [1.165, 1.54) is 0 Å². The first-order valence-electron chi connectivity index (χ1n) is 3.34. The smallest absolute Gasteiger partial charge is 0.383 e. The second kappa shape index (κ2) is 2.98. The molecule has 1 N–H and O–H groups in total. The Hall–Kier alpha value is -0.290. The standard InChI is InChI=1S/C6H9F3O2/c7-6(8,9)5(10)4-1-2-11-3-4/h4-5,10H,1-3H2/t4?,5-/m1/s1. The molecule has 1 rings (SSSR count). The molecule has 0 amide bonds.